The maximum atomic E-state index is 12.5. The maximum absolute atomic E-state index is 12.5. The molecule has 6 nitrogen and oxygen atoms in total. The van der Waals surface area contributed by atoms with Crippen molar-refractivity contribution in [3.05, 3.63) is 65.5 Å². The number of piperidine rings is 1. The molecule has 2 aliphatic rings. The van der Waals surface area contributed by atoms with Crippen LogP contribution in [0.1, 0.15) is 39.3 Å². The van der Waals surface area contributed by atoms with E-state index in [1.807, 2.05) is 35.2 Å². The molecule has 0 spiro atoms. The number of pyridine rings is 1. The fraction of sp³-hybridized carbons (Fsp3) is 0.300. The van der Waals surface area contributed by atoms with Gasteiger partial charge >= 0.3 is 0 Å². The minimum atomic E-state index is -0.320. The summed E-state index contributed by atoms with van der Waals surface area (Å²) >= 11 is 0. The number of carbonyl (C=O) groups excluding carboxylic acids is 3. The number of amides is 3. The van der Waals surface area contributed by atoms with Gasteiger partial charge in [-0.2, -0.15) is 0 Å². The maximum Gasteiger partial charge on any atom is 0.280 e. The number of aromatic nitrogens is 1. The topological polar surface area (TPSA) is 70.6 Å². The highest BCUT2D eigenvalue weighted by Gasteiger charge is 2.42. The van der Waals surface area contributed by atoms with E-state index in [0.717, 1.165) is 5.56 Å². The quantitative estimate of drug-likeness (QED) is 0.794. The average Bonchev–Trinajstić information content (AvgIpc) is 2.94. The molecule has 1 saturated heterocycles. The molecule has 1 fully saturated rings. The predicted octanol–water partition coefficient (Wildman–Crippen LogP) is 1.91. The summed E-state index contributed by atoms with van der Waals surface area (Å²) in [4.78, 5) is 44.7. The Morgan fingerprint density at radius 2 is 1.73 bits per heavy atom. The molecule has 0 unspecified atom stereocenters. The third-order valence-electron chi connectivity index (χ3n) is 5.06. The van der Waals surface area contributed by atoms with E-state index < -0.39 is 0 Å². The van der Waals surface area contributed by atoms with Crippen molar-refractivity contribution in [1.82, 2.24) is 14.8 Å². The molecule has 0 saturated carbocycles. The third kappa shape index (κ3) is 2.87. The van der Waals surface area contributed by atoms with Crippen molar-refractivity contribution in [2.45, 2.75) is 25.3 Å². The smallest absolute Gasteiger partial charge is 0.280 e. The van der Waals surface area contributed by atoms with Gasteiger partial charge < -0.3 is 4.90 Å². The standard InChI is InChI=1S/C20H19N3O3/c24-17(13-14-5-2-1-3-6-14)22-11-8-15(9-12-22)23-19(25)16-7-4-10-21-18(16)20(23)26/h1-7,10,15H,8-9,11-13H2. The number of hydrogen-bond acceptors (Lipinski definition) is 4. The molecule has 26 heavy (non-hydrogen) atoms. The minimum Gasteiger partial charge on any atom is -0.342 e. The lowest BCUT2D eigenvalue weighted by molar-refractivity contribution is -0.131. The molecule has 132 valence electrons. The second-order valence-electron chi connectivity index (χ2n) is 6.65. The highest BCUT2D eigenvalue weighted by atomic mass is 16.2. The second kappa shape index (κ2) is 6.71. The summed E-state index contributed by atoms with van der Waals surface area (Å²) in [5.74, 6) is -0.509. The van der Waals surface area contributed by atoms with E-state index in [9.17, 15) is 14.4 Å². The van der Waals surface area contributed by atoms with Gasteiger partial charge in [0.05, 0.1) is 12.0 Å². The van der Waals surface area contributed by atoms with Crippen molar-refractivity contribution >= 4 is 17.7 Å². The molecule has 2 aliphatic heterocycles. The predicted molar refractivity (Wildman–Crippen MR) is 94.5 cm³/mol. The number of nitrogens with zero attached hydrogens (tertiary/aromatic N) is 3. The molecule has 0 radical (unpaired) electrons. The average molecular weight is 349 g/mol. The van der Waals surface area contributed by atoms with Gasteiger partial charge in [0.25, 0.3) is 11.8 Å². The van der Waals surface area contributed by atoms with Crippen LogP contribution in [0.4, 0.5) is 0 Å². The van der Waals surface area contributed by atoms with Crippen LogP contribution in [0.2, 0.25) is 0 Å². The molecule has 0 aliphatic carbocycles. The zero-order chi connectivity index (χ0) is 18.1. The van der Waals surface area contributed by atoms with Crippen LogP contribution in [-0.4, -0.2) is 51.6 Å². The fourth-order valence-corrected chi connectivity index (χ4v) is 3.67. The molecule has 4 rings (SSSR count). The van der Waals surface area contributed by atoms with Crippen molar-refractivity contribution in [2.75, 3.05) is 13.1 Å². The van der Waals surface area contributed by atoms with E-state index in [4.69, 9.17) is 0 Å². The number of likely N-dealkylation sites (tertiary alicyclic amines) is 1. The van der Waals surface area contributed by atoms with Gasteiger partial charge in [-0.1, -0.05) is 30.3 Å². The molecule has 6 heteroatoms. The zero-order valence-corrected chi connectivity index (χ0v) is 14.3. The molecule has 1 aromatic heterocycles. The summed E-state index contributed by atoms with van der Waals surface area (Å²) in [5, 5.41) is 0. The van der Waals surface area contributed by atoms with E-state index in [2.05, 4.69) is 4.98 Å². The van der Waals surface area contributed by atoms with Gasteiger partial charge in [-0.3, -0.25) is 24.3 Å². The summed E-state index contributed by atoms with van der Waals surface area (Å²) in [6.45, 7) is 1.11. The largest absolute Gasteiger partial charge is 0.342 e. The van der Waals surface area contributed by atoms with Crippen LogP contribution in [0.15, 0.2) is 48.7 Å². The van der Waals surface area contributed by atoms with E-state index in [-0.39, 0.29) is 29.5 Å². The molecule has 2 aromatic rings. The lowest BCUT2D eigenvalue weighted by atomic mass is 10.0. The Hall–Kier alpha value is -3.02. The number of hydrogen-bond donors (Lipinski definition) is 0. The van der Waals surface area contributed by atoms with Crippen LogP contribution in [0, 0.1) is 0 Å². The van der Waals surface area contributed by atoms with Gasteiger partial charge in [-0.25, -0.2) is 0 Å². The Bertz CT molecular complexity index is 823. The van der Waals surface area contributed by atoms with Gasteiger partial charge in [0.1, 0.15) is 5.69 Å². The molecule has 0 bridgehead atoms. The first kappa shape index (κ1) is 16.4. The van der Waals surface area contributed by atoms with Crippen molar-refractivity contribution in [3.8, 4) is 0 Å². The molecule has 0 atom stereocenters. The van der Waals surface area contributed by atoms with E-state index >= 15 is 0 Å². The van der Waals surface area contributed by atoms with Gasteiger partial charge in [-0.15, -0.1) is 0 Å². The minimum absolute atomic E-state index is 0.0821. The molecule has 0 N–H and O–H groups in total. The lowest BCUT2D eigenvalue weighted by Crippen LogP contribution is -2.49. The number of carbonyl (C=O) groups is 3. The molecule has 3 amide bonds. The Balaban J connectivity index is 1.39. The summed E-state index contributed by atoms with van der Waals surface area (Å²) in [7, 11) is 0. The first-order chi connectivity index (χ1) is 12.6. The SMILES string of the molecule is O=C(Cc1ccccc1)N1CCC(N2C(=O)c3cccnc3C2=O)CC1. The van der Waals surface area contributed by atoms with Crippen molar-refractivity contribution in [2.24, 2.45) is 0 Å². The van der Waals surface area contributed by atoms with E-state index in [1.165, 1.54) is 11.1 Å². The highest BCUT2D eigenvalue weighted by Crippen LogP contribution is 2.27. The van der Waals surface area contributed by atoms with Crippen LogP contribution >= 0.6 is 0 Å². The van der Waals surface area contributed by atoms with Crippen LogP contribution < -0.4 is 0 Å². The van der Waals surface area contributed by atoms with Crippen LogP contribution in [0.3, 0.4) is 0 Å². The zero-order valence-electron chi connectivity index (χ0n) is 14.3. The number of benzene rings is 1. The number of imide groups is 1. The third-order valence-corrected chi connectivity index (χ3v) is 5.06. The van der Waals surface area contributed by atoms with Crippen molar-refractivity contribution in [1.29, 1.82) is 0 Å². The van der Waals surface area contributed by atoms with Crippen LogP contribution in [-0.2, 0) is 11.2 Å². The molecular formula is C20H19N3O3. The summed E-state index contributed by atoms with van der Waals surface area (Å²) in [6, 6.07) is 12.8. The van der Waals surface area contributed by atoms with Gasteiger partial charge in [0.2, 0.25) is 5.91 Å². The Morgan fingerprint density at radius 3 is 2.42 bits per heavy atom. The molecule has 1 aromatic carbocycles. The van der Waals surface area contributed by atoms with Crippen molar-refractivity contribution in [3.63, 3.8) is 0 Å². The highest BCUT2D eigenvalue weighted by molar-refractivity contribution is 6.20. The Labute approximate surface area is 151 Å². The molecule has 3 heterocycles. The lowest BCUT2D eigenvalue weighted by Gasteiger charge is -2.35. The summed E-state index contributed by atoms with van der Waals surface area (Å²) < 4.78 is 0. The Kier molecular flexibility index (Phi) is 4.24. The van der Waals surface area contributed by atoms with Gasteiger partial charge in [-0.05, 0) is 30.5 Å². The monoisotopic (exact) mass is 349 g/mol. The van der Waals surface area contributed by atoms with E-state index in [1.54, 1.807) is 12.1 Å². The first-order valence-electron chi connectivity index (χ1n) is 8.80. The van der Waals surface area contributed by atoms with Gasteiger partial charge in [0.15, 0.2) is 0 Å². The van der Waals surface area contributed by atoms with Crippen LogP contribution in [0.5, 0.6) is 0 Å². The first-order valence-corrected chi connectivity index (χ1v) is 8.80. The van der Waals surface area contributed by atoms with Crippen molar-refractivity contribution < 1.29 is 14.4 Å². The van der Waals surface area contributed by atoms with Gasteiger partial charge in [0, 0.05) is 25.3 Å². The molecular weight excluding hydrogens is 330 g/mol. The van der Waals surface area contributed by atoms with E-state index in [0.29, 0.717) is 37.9 Å². The Morgan fingerprint density at radius 1 is 1.00 bits per heavy atom. The second-order valence-corrected chi connectivity index (χ2v) is 6.65. The summed E-state index contributed by atoms with van der Waals surface area (Å²) in [6.07, 6.45) is 3.11. The van der Waals surface area contributed by atoms with Crippen LogP contribution in [0.25, 0.3) is 0 Å². The fourth-order valence-electron chi connectivity index (χ4n) is 3.67. The normalized spacial score (nSPS) is 17.5. The number of fused-ring (bicyclic) bond motifs is 1. The number of rotatable bonds is 3. The summed E-state index contributed by atoms with van der Waals surface area (Å²) in [5.41, 5.74) is 1.60.